The van der Waals surface area contributed by atoms with E-state index in [0.29, 0.717) is 5.69 Å². The first kappa shape index (κ1) is 29.9. The normalized spacial score (nSPS) is 13.0. The summed E-state index contributed by atoms with van der Waals surface area (Å²) < 4.78 is 69.8. The summed E-state index contributed by atoms with van der Waals surface area (Å²) in [6.07, 6.45) is 0. The predicted molar refractivity (Wildman–Crippen MR) is 160 cm³/mol. The molecule has 1 amide bonds. The number of nitrogens with zero attached hydrogens (tertiary/aromatic N) is 1. The fourth-order valence-corrected chi connectivity index (χ4v) is 6.69. The van der Waals surface area contributed by atoms with Gasteiger partial charge in [0.2, 0.25) is 0 Å². The first-order valence-corrected chi connectivity index (χ1v) is 16.0. The highest BCUT2D eigenvalue weighted by Crippen LogP contribution is 2.42. The quantitative estimate of drug-likeness (QED) is 0.215. The highest BCUT2D eigenvalue weighted by Gasteiger charge is 2.34. The van der Waals surface area contributed by atoms with Crippen LogP contribution in [-0.2, 0) is 33.3 Å². The Kier molecular flexibility index (Phi) is 7.84. The Labute approximate surface area is 250 Å². The van der Waals surface area contributed by atoms with Crippen LogP contribution in [0.4, 0.5) is 5.69 Å². The Hall–Kier alpha value is -4.55. The maximum absolute atomic E-state index is 14.1. The van der Waals surface area contributed by atoms with E-state index in [1.807, 2.05) is 13.0 Å². The van der Waals surface area contributed by atoms with Crippen molar-refractivity contribution in [1.82, 2.24) is 4.90 Å². The monoisotopic (exact) mass is 622 g/mol. The molecule has 1 aliphatic rings. The number of amides is 1. The van der Waals surface area contributed by atoms with Gasteiger partial charge < -0.3 is 23.7 Å². The number of hydrogen-bond acceptors (Lipinski definition) is 9. The molecule has 0 saturated carbocycles. The van der Waals surface area contributed by atoms with Crippen LogP contribution in [0.5, 0.6) is 17.2 Å². The van der Waals surface area contributed by atoms with Crippen molar-refractivity contribution in [2.24, 2.45) is 0 Å². The molecule has 224 valence electrons. The van der Waals surface area contributed by atoms with Crippen LogP contribution in [0, 0.1) is 20.8 Å². The summed E-state index contributed by atoms with van der Waals surface area (Å²) in [5.41, 5.74) is 9.85. The number of rotatable bonds is 8. The van der Waals surface area contributed by atoms with Gasteiger partial charge in [-0.2, -0.15) is 16.8 Å². The first-order chi connectivity index (χ1) is 20.3. The zero-order chi connectivity index (χ0) is 31.1. The second kappa shape index (κ2) is 11.3. The number of carbonyl (C=O) groups excluding carboxylic acids is 1. The van der Waals surface area contributed by atoms with Gasteiger partial charge in [-0.25, -0.2) is 0 Å². The molecule has 0 fully saturated rings. The van der Waals surface area contributed by atoms with Gasteiger partial charge in [-0.15, -0.1) is 0 Å². The summed E-state index contributed by atoms with van der Waals surface area (Å²) in [6.45, 7) is 5.58. The molecule has 1 aliphatic heterocycles. The van der Waals surface area contributed by atoms with Crippen LogP contribution in [0.2, 0.25) is 0 Å². The summed E-state index contributed by atoms with van der Waals surface area (Å²) in [5.74, 6) is -1.39. The SMILES string of the molecule is COc1c(C)c(OS(=O)(=O)c2ccc(C)cc2)cc(OS(=O)(=O)c2ccc(C)cc2)c1C(=O)N1Cc2ccc(N)cc2C1. The number of nitrogens with two attached hydrogens (primary N) is 1. The summed E-state index contributed by atoms with van der Waals surface area (Å²) in [6, 6.07) is 18.4. The number of nitrogen functional groups attached to an aromatic ring is 1. The average Bonchev–Trinajstić information content (AvgIpc) is 3.37. The van der Waals surface area contributed by atoms with Gasteiger partial charge in [0, 0.05) is 30.4 Å². The molecule has 0 bridgehead atoms. The Morgan fingerprint density at radius 3 is 1.77 bits per heavy atom. The zero-order valence-electron chi connectivity index (χ0n) is 23.9. The maximum atomic E-state index is 14.1. The molecule has 0 saturated heterocycles. The van der Waals surface area contributed by atoms with Gasteiger partial charge in [0.15, 0.2) is 11.5 Å². The van der Waals surface area contributed by atoms with E-state index < -0.39 is 31.9 Å². The Morgan fingerprint density at radius 1 is 0.721 bits per heavy atom. The lowest BCUT2D eigenvalue weighted by Crippen LogP contribution is -2.27. The predicted octanol–water partition coefficient (Wildman–Crippen LogP) is 4.89. The minimum Gasteiger partial charge on any atom is -0.495 e. The summed E-state index contributed by atoms with van der Waals surface area (Å²) in [7, 11) is -7.54. The molecule has 0 aromatic heterocycles. The fourth-order valence-electron chi connectivity index (χ4n) is 4.78. The van der Waals surface area contributed by atoms with E-state index in [0.717, 1.165) is 28.3 Å². The van der Waals surface area contributed by atoms with Crippen LogP contribution < -0.4 is 18.8 Å². The molecule has 0 unspecified atom stereocenters. The molecule has 12 heteroatoms. The number of methoxy groups -OCH3 is 1. The van der Waals surface area contributed by atoms with E-state index >= 15 is 0 Å². The number of aryl methyl sites for hydroxylation is 2. The molecule has 43 heavy (non-hydrogen) atoms. The Bertz CT molecular complexity index is 1940. The number of anilines is 1. The highest BCUT2D eigenvalue weighted by atomic mass is 32.2. The smallest absolute Gasteiger partial charge is 0.339 e. The number of carbonyl (C=O) groups is 1. The lowest BCUT2D eigenvalue weighted by Gasteiger charge is -2.22. The van der Waals surface area contributed by atoms with Crippen LogP contribution in [0.25, 0.3) is 0 Å². The third-order valence-electron chi connectivity index (χ3n) is 7.12. The van der Waals surface area contributed by atoms with E-state index in [1.165, 1.54) is 43.2 Å². The van der Waals surface area contributed by atoms with Crippen LogP contribution in [0.15, 0.2) is 82.6 Å². The van der Waals surface area contributed by atoms with Crippen LogP contribution in [0.1, 0.15) is 38.2 Å². The average molecular weight is 623 g/mol. The lowest BCUT2D eigenvalue weighted by molar-refractivity contribution is 0.0746. The van der Waals surface area contributed by atoms with Gasteiger partial charge in [-0.05, 0) is 68.3 Å². The molecule has 5 rings (SSSR count). The molecule has 4 aromatic carbocycles. The molecule has 0 aliphatic carbocycles. The Morgan fingerprint density at radius 2 is 1.23 bits per heavy atom. The molecule has 1 heterocycles. The fraction of sp³-hybridized carbons (Fsp3) is 0.194. The third-order valence-corrected chi connectivity index (χ3v) is 9.62. The van der Waals surface area contributed by atoms with Gasteiger partial charge in [0.25, 0.3) is 5.91 Å². The summed E-state index contributed by atoms with van der Waals surface area (Å²) in [5, 5.41) is 0. The van der Waals surface area contributed by atoms with Crippen molar-refractivity contribution in [2.75, 3.05) is 12.8 Å². The second-order valence-corrected chi connectivity index (χ2v) is 13.4. The van der Waals surface area contributed by atoms with E-state index in [4.69, 9.17) is 18.8 Å². The van der Waals surface area contributed by atoms with Crippen LogP contribution in [0.3, 0.4) is 0 Å². The molecular weight excluding hydrogens is 592 g/mol. The van der Waals surface area contributed by atoms with E-state index in [1.54, 1.807) is 43.3 Å². The van der Waals surface area contributed by atoms with Gasteiger partial charge in [0.05, 0.1) is 7.11 Å². The third kappa shape index (κ3) is 6.02. The molecule has 0 atom stereocenters. The van der Waals surface area contributed by atoms with Crippen molar-refractivity contribution < 1.29 is 34.7 Å². The minimum atomic E-state index is -4.47. The van der Waals surface area contributed by atoms with E-state index in [2.05, 4.69) is 0 Å². The zero-order valence-corrected chi connectivity index (χ0v) is 25.6. The molecular formula is C31H30N2O8S2. The largest absolute Gasteiger partial charge is 0.495 e. The molecule has 4 aromatic rings. The number of hydrogen-bond donors (Lipinski definition) is 1. The Balaban J connectivity index is 1.62. The lowest BCUT2D eigenvalue weighted by atomic mass is 10.1. The highest BCUT2D eigenvalue weighted by molar-refractivity contribution is 7.87. The number of fused-ring (bicyclic) bond motifs is 1. The molecule has 0 radical (unpaired) electrons. The van der Waals surface area contributed by atoms with Crippen molar-refractivity contribution in [3.05, 3.63) is 106 Å². The maximum Gasteiger partial charge on any atom is 0.339 e. The van der Waals surface area contributed by atoms with Crippen LogP contribution >= 0.6 is 0 Å². The van der Waals surface area contributed by atoms with E-state index in [-0.39, 0.29) is 45.5 Å². The first-order valence-electron chi connectivity index (χ1n) is 13.2. The minimum absolute atomic E-state index is 0.0915. The second-order valence-electron chi connectivity index (χ2n) is 10.3. The van der Waals surface area contributed by atoms with Gasteiger partial charge in [0.1, 0.15) is 21.1 Å². The van der Waals surface area contributed by atoms with Crippen molar-refractivity contribution in [3.63, 3.8) is 0 Å². The molecule has 2 N–H and O–H groups in total. The van der Waals surface area contributed by atoms with E-state index in [9.17, 15) is 21.6 Å². The van der Waals surface area contributed by atoms with Crippen molar-refractivity contribution in [2.45, 2.75) is 43.7 Å². The summed E-state index contributed by atoms with van der Waals surface area (Å²) in [4.78, 5) is 15.3. The number of ether oxygens (including phenoxy) is 1. The molecule has 0 spiro atoms. The topological polar surface area (TPSA) is 142 Å². The number of benzene rings is 4. The van der Waals surface area contributed by atoms with Gasteiger partial charge in [-0.1, -0.05) is 41.5 Å². The van der Waals surface area contributed by atoms with Gasteiger partial charge >= 0.3 is 20.2 Å². The summed E-state index contributed by atoms with van der Waals surface area (Å²) >= 11 is 0. The van der Waals surface area contributed by atoms with Crippen molar-refractivity contribution in [3.8, 4) is 17.2 Å². The molecule has 10 nitrogen and oxygen atoms in total. The standard InChI is InChI=1S/C31H30N2O8S2/c1-19-5-11-25(12-6-19)42(35,36)40-27-16-28(41-43(37,38)26-13-7-20(2)8-14-26)29(30(39-4)21(27)3)31(34)33-17-22-9-10-24(32)15-23(22)18-33/h5-16H,17-18,32H2,1-4H3. The van der Waals surface area contributed by atoms with Crippen molar-refractivity contribution >= 4 is 31.8 Å². The van der Waals surface area contributed by atoms with Crippen molar-refractivity contribution in [1.29, 1.82) is 0 Å². The van der Waals surface area contributed by atoms with Crippen LogP contribution in [-0.4, -0.2) is 34.8 Å². The van der Waals surface area contributed by atoms with Gasteiger partial charge in [-0.3, -0.25) is 4.79 Å².